The number of carboxylic acids is 1. The molecular weight excluding hydrogens is 285 g/mol. The minimum Gasteiger partial charge on any atom is -0.480 e. The average Bonchev–Trinajstić information content (AvgIpc) is 2.91. The summed E-state index contributed by atoms with van der Waals surface area (Å²) >= 11 is 0. The number of aliphatic carboxylic acids is 1. The Balaban J connectivity index is 2.16. The van der Waals surface area contributed by atoms with E-state index in [1.165, 1.54) is 23.0 Å². The van der Waals surface area contributed by atoms with E-state index in [0.29, 0.717) is 17.0 Å². The first-order valence-electron chi connectivity index (χ1n) is 6.58. The molecular formula is C16H12FN3O2. The number of imidazole rings is 1. The van der Waals surface area contributed by atoms with Crippen LogP contribution in [0.2, 0.25) is 0 Å². The van der Waals surface area contributed by atoms with Gasteiger partial charge in [0.1, 0.15) is 12.4 Å². The summed E-state index contributed by atoms with van der Waals surface area (Å²) in [6.45, 7) is -0.210. The Hall–Kier alpha value is -3.02. The zero-order valence-corrected chi connectivity index (χ0v) is 11.5. The van der Waals surface area contributed by atoms with Crippen molar-refractivity contribution in [1.29, 1.82) is 0 Å². The highest BCUT2D eigenvalue weighted by Gasteiger charge is 2.16. The molecule has 0 atom stereocenters. The van der Waals surface area contributed by atoms with Gasteiger partial charge in [0.05, 0.1) is 17.7 Å². The Labute approximate surface area is 125 Å². The summed E-state index contributed by atoms with van der Waals surface area (Å²) in [6.07, 6.45) is 4.75. The Morgan fingerprint density at radius 3 is 2.59 bits per heavy atom. The molecule has 5 nitrogen and oxygen atoms in total. The quantitative estimate of drug-likeness (QED) is 0.804. The summed E-state index contributed by atoms with van der Waals surface area (Å²) in [6, 6.07) is 9.51. The van der Waals surface area contributed by atoms with Crippen molar-refractivity contribution < 1.29 is 14.3 Å². The maximum Gasteiger partial charge on any atom is 0.323 e. The molecule has 0 radical (unpaired) electrons. The predicted octanol–water partition coefficient (Wildman–Crippen LogP) is 2.84. The topological polar surface area (TPSA) is 68.0 Å². The molecule has 2 heterocycles. The van der Waals surface area contributed by atoms with Crippen LogP contribution in [0.5, 0.6) is 0 Å². The van der Waals surface area contributed by atoms with Crippen molar-refractivity contribution in [1.82, 2.24) is 14.5 Å². The van der Waals surface area contributed by atoms with Gasteiger partial charge in [-0.05, 0) is 36.4 Å². The van der Waals surface area contributed by atoms with Crippen LogP contribution in [0.4, 0.5) is 4.39 Å². The number of halogens is 1. The molecule has 3 aromatic rings. The SMILES string of the molecule is O=C(O)Cn1cnc(-c2ccc(F)cc2)c1-c1cccnc1. The van der Waals surface area contributed by atoms with Gasteiger partial charge in [0.2, 0.25) is 0 Å². The van der Waals surface area contributed by atoms with Crippen LogP contribution in [0.25, 0.3) is 22.5 Å². The molecule has 0 bridgehead atoms. The van der Waals surface area contributed by atoms with E-state index in [1.54, 1.807) is 30.6 Å². The molecule has 0 unspecified atom stereocenters. The maximum absolute atomic E-state index is 13.1. The van der Waals surface area contributed by atoms with Gasteiger partial charge in [-0.15, -0.1) is 0 Å². The number of nitrogens with zero attached hydrogens (tertiary/aromatic N) is 3. The van der Waals surface area contributed by atoms with Gasteiger partial charge in [0.25, 0.3) is 0 Å². The summed E-state index contributed by atoms with van der Waals surface area (Å²) in [4.78, 5) is 19.4. The summed E-state index contributed by atoms with van der Waals surface area (Å²) < 4.78 is 14.6. The maximum atomic E-state index is 13.1. The van der Waals surface area contributed by atoms with Crippen LogP contribution in [0.3, 0.4) is 0 Å². The molecule has 0 saturated heterocycles. The zero-order valence-electron chi connectivity index (χ0n) is 11.5. The van der Waals surface area contributed by atoms with E-state index < -0.39 is 5.97 Å². The van der Waals surface area contributed by atoms with E-state index >= 15 is 0 Å². The minimum atomic E-state index is -0.965. The smallest absolute Gasteiger partial charge is 0.323 e. The van der Waals surface area contributed by atoms with Gasteiger partial charge in [0.15, 0.2) is 0 Å². The number of hydrogen-bond acceptors (Lipinski definition) is 3. The summed E-state index contributed by atoms with van der Waals surface area (Å²) in [5.41, 5.74) is 2.70. The highest BCUT2D eigenvalue weighted by Crippen LogP contribution is 2.30. The lowest BCUT2D eigenvalue weighted by Crippen LogP contribution is -2.09. The molecule has 22 heavy (non-hydrogen) atoms. The van der Waals surface area contributed by atoms with E-state index in [9.17, 15) is 9.18 Å². The van der Waals surface area contributed by atoms with E-state index in [2.05, 4.69) is 9.97 Å². The van der Waals surface area contributed by atoms with Crippen molar-refractivity contribution in [3.63, 3.8) is 0 Å². The predicted molar refractivity (Wildman–Crippen MR) is 78.5 cm³/mol. The Morgan fingerprint density at radius 1 is 1.18 bits per heavy atom. The van der Waals surface area contributed by atoms with Crippen molar-refractivity contribution in [2.45, 2.75) is 6.54 Å². The average molecular weight is 297 g/mol. The second-order valence-corrected chi connectivity index (χ2v) is 4.71. The first-order valence-corrected chi connectivity index (χ1v) is 6.58. The van der Waals surface area contributed by atoms with Crippen LogP contribution >= 0.6 is 0 Å². The van der Waals surface area contributed by atoms with Crippen molar-refractivity contribution in [2.75, 3.05) is 0 Å². The van der Waals surface area contributed by atoms with Crippen LogP contribution < -0.4 is 0 Å². The van der Waals surface area contributed by atoms with Crippen LogP contribution in [0.1, 0.15) is 0 Å². The number of benzene rings is 1. The lowest BCUT2D eigenvalue weighted by Gasteiger charge is -2.08. The first-order chi connectivity index (χ1) is 10.6. The largest absolute Gasteiger partial charge is 0.480 e. The number of hydrogen-bond donors (Lipinski definition) is 1. The third kappa shape index (κ3) is 2.71. The molecule has 0 amide bonds. The van der Waals surface area contributed by atoms with Gasteiger partial charge in [-0.1, -0.05) is 0 Å². The third-order valence-electron chi connectivity index (χ3n) is 3.20. The number of carbonyl (C=O) groups is 1. The van der Waals surface area contributed by atoms with Crippen molar-refractivity contribution in [3.05, 3.63) is 60.9 Å². The second-order valence-electron chi connectivity index (χ2n) is 4.71. The van der Waals surface area contributed by atoms with Crippen molar-refractivity contribution in [2.24, 2.45) is 0 Å². The lowest BCUT2D eigenvalue weighted by molar-refractivity contribution is -0.137. The Kier molecular flexibility index (Phi) is 3.65. The Bertz CT molecular complexity index is 798. The van der Waals surface area contributed by atoms with Gasteiger partial charge in [-0.25, -0.2) is 9.37 Å². The zero-order chi connectivity index (χ0) is 15.5. The molecule has 0 aliphatic heterocycles. The van der Waals surface area contributed by atoms with E-state index in [1.807, 2.05) is 6.07 Å². The summed E-state index contributed by atoms with van der Waals surface area (Å²) in [5.74, 6) is -1.30. The standard InChI is InChI=1S/C16H12FN3O2/c17-13-5-3-11(4-6-13)15-16(12-2-1-7-18-8-12)20(10-19-15)9-14(21)22/h1-8,10H,9H2,(H,21,22). The molecule has 6 heteroatoms. The number of aromatic nitrogens is 3. The van der Waals surface area contributed by atoms with E-state index in [4.69, 9.17) is 5.11 Å². The molecule has 1 aromatic carbocycles. The lowest BCUT2D eigenvalue weighted by atomic mass is 10.1. The molecule has 2 aromatic heterocycles. The van der Waals surface area contributed by atoms with Gasteiger partial charge in [-0.3, -0.25) is 9.78 Å². The molecule has 0 spiro atoms. The Morgan fingerprint density at radius 2 is 1.95 bits per heavy atom. The van der Waals surface area contributed by atoms with Crippen LogP contribution in [-0.4, -0.2) is 25.6 Å². The van der Waals surface area contributed by atoms with Crippen LogP contribution in [0.15, 0.2) is 55.1 Å². The molecule has 0 fully saturated rings. The molecule has 3 rings (SSSR count). The molecule has 110 valence electrons. The third-order valence-corrected chi connectivity index (χ3v) is 3.20. The fourth-order valence-electron chi connectivity index (χ4n) is 2.27. The van der Waals surface area contributed by atoms with Gasteiger partial charge < -0.3 is 9.67 Å². The van der Waals surface area contributed by atoms with Crippen molar-refractivity contribution in [3.8, 4) is 22.5 Å². The minimum absolute atomic E-state index is 0.210. The first kappa shape index (κ1) is 13.9. The summed E-state index contributed by atoms with van der Waals surface area (Å²) in [5, 5.41) is 9.04. The molecule has 1 N–H and O–H groups in total. The second kappa shape index (κ2) is 5.77. The van der Waals surface area contributed by atoms with E-state index in [-0.39, 0.29) is 12.4 Å². The normalized spacial score (nSPS) is 10.6. The highest BCUT2D eigenvalue weighted by atomic mass is 19.1. The van der Waals surface area contributed by atoms with Gasteiger partial charge in [0, 0.05) is 23.5 Å². The monoisotopic (exact) mass is 297 g/mol. The highest BCUT2D eigenvalue weighted by molar-refractivity contribution is 5.79. The van der Waals surface area contributed by atoms with Crippen molar-refractivity contribution >= 4 is 5.97 Å². The molecule has 0 aliphatic carbocycles. The van der Waals surface area contributed by atoms with Crippen LogP contribution in [0, 0.1) is 5.82 Å². The number of carboxylic acid groups (broad SMARTS) is 1. The van der Waals surface area contributed by atoms with Gasteiger partial charge >= 0.3 is 5.97 Å². The fraction of sp³-hybridized carbons (Fsp3) is 0.0625. The van der Waals surface area contributed by atoms with Crippen LogP contribution in [-0.2, 0) is 11.3 Å². The molecule has 0 aliphatic rings. The summed E-state index contributed by atoms with van der Waals surface area (Å²) in [7, 11) is 0. The fourth-order valence-corrected chi connectivity index (χ4v) is 2.27. The number of rotatable bonds is 4. The molecule has 0 saturated carbocycles. The number of pyridine rings is 1. The van der Waals surface area contributed by atoms with Gasteiger partial charge in [-0.2, -0.15) is 0 Å². The van der Waals surface area contributed by atoms with E-state index in [0.717, 1.165) is 5.56 Å².